The topological polar surface area (TPSA) is 25.2 Å². The van der Waals surface area contributed by atoms with Gasteiger partial charge < -0.3 is 9.73 Å². The molecule has 0 atom stereocenters. The summed E-state index contributed by atoms with van der Waals surface area (Å²) in [6, 6.07) is 8.29. The Labute approximate surface area is 108 Å². The van der Waals surface area contributed by atoms with E-state index in [4.69, 9.17) is 4.42 Å². The lowest BCUT2D eigenvalue weighted by Crippen LogP contribution is -2.15. The Balaban J connectivity index is 1.57. The zero-order valence-corrected chi connectivity index (χ0v) is 11.0. The van der Waals surface area contributed by atoms with E-state index in [-0.39, 0.29) is 0 Å². The first kappa shape index (κ1) is 11.8. The van der Waals surface area contributed by atoms with E-state index < -0.39 is 0 Å². The van der Waals surface area contributed by atoms with Crippen molar-refractivity contribution in [1.82, 2.24) is 5.32 Å². The van der Waals surface area contributed by atoms with Crippen LogP contribution in [-0.4, -0.2) is 6.54 Å². The minimum atomic E-state index is 0.924. The first-order valence-corrected chi connectivity index (χ1v) is 7.02. The van der Waals surface area contributed by atoms with E-state index >= 15 is 0 Å². The zero-order chi connectivity index (χ0) is 12.4. The molecule has 18 heavy (non-hydrogen) atoms. The molecule has 3 rings (SSSR count). The summed E-state index contributed by atoms with van der Waals surface area (Å²) in [6.45, 7) is 4.10. The van der Waals surface area contributed by atoms with Crippen molar-refractivity contribution >= 4 is 11.0 Å². The number of hydrogen-bond donors (Lipinski definition) is 1. The van der Waals surface area contributed by atoms with Crippen LogP contribution in [0.25, 0.3) is 11.0 Å². The van der Waals surface area contributed by atoms with Gasteiger partial charge in [-0.25, -0.2) is 0 Å². The molecule has 1 N–H and O–H groups in total. The molecule has 2 nitrogen and oxygen atoms in total. The van der Waals surface area contributed by atoms with Gasteiger partial charge in [-0.3, -0.25) is 0 Å². The third-order valence-electron chi connectivity index (χ3n) is 3.86. The molecule has 0 amide bonds. The van der Waals surface area contributed by atoms with Crippen molar-refractivity contribution in [2.75, 3.05) is 6.54 Å². The maximum atomic E-state index is 5.76. The van der Waals surface area contributed by atoms with Crippen LogP contribution in [0.3, 0.4) is 0 Å². The average molecular weight is 243 g/mol. The van der Waals surface area contributed by atoms with Gasteiger partial charge in [0.2, 0.25) is 0 Å². The monoisotopic (exact) mass is 243 g/mol. The smallest absolute Gasteiger partial charge is 0.134 e. The van der Waals surface area contributed by atoms with E-state index in [0.29, 0.717) is 0 Å². The summed E-state index contributed by atoms with van der Waals surface area (Å²) in [5, 5.41) is 4.80. The van der Waals surface area contributed by atoms with Crippen molar-refractivity contribution in [3.63, 3.8) is 0 Å². The van der Waals surface area contributed by atoms with Crippen LogP contribution in [-0.2, 0) is 6.54 Å². The maximum absolute atomic E-state index is 5.76. The Bertz CT molecular complexity index is 525. The van der Waals surface area contributed by atoms with Crippen LogP contribution in [0.1, 0.15) is 37.0 Å². The number of aryl methyl sites for hydroxylation is 1. The Morgan fingerprint density at radius 2 is 2.11 bits per heavy atom. The first-order valence-electron chi connectivity index (χ1n) is 7.02. The third kappa shape index (κ3) is 2.59. The predicted octanol–water partition coefficient (Wildman–Crippen LogP) is 4.02. The van der Waals surface area contributed by atoms with Crippen molar-refractivity contribution < 1.29 is 4.42 Å². The molecule has 0 radical (unpaired) electrons. The number of fused-ring (bicyclic) bond motifs is 1. The molecule has 1 aromatic carbocycles. The van der Waals surface area contributed by atoms with Gasteiger partial charge in [0, 0.05) is 17.5 Å². The second-order valence-electron chi connectivity index (χ2n) is 5.40. The molecule has 1 aliphatic carbocycles. The molecule has 2 heteroatoms. The van der Waals surface area contributed by atoms with Crippen LogP contribution < -0.4 is 5.32 Å². The number of furan rings is 1. The van der Waals surface area contributed by atoms with Crippen molar-refractivity contribution in [2.24, 2.45) is 5.92 Å². The molecule has 0 aliphatic heterocycles. The van der Waals surface area contributed by atoms with Crippen molar-refractivity contribution in [3.8, 4) is 0 Å². The van der Waals surface area contributed by atoms with E-state index in [2.05, 4.69) is 24.4 Å². The van der Waals surface area contributed by atoms with Crippen LogP contribution in [0, 0.1) is 12.8 Å². The summed E-state index contributed by atoms with van der Waals surface area (Å²) >= 11 is 0. The molecule has 1 aromatic heterocycles. The van der Waals surface area contributed by atoms with Crippen LogP contribution >= 0.6 is 0 Å². The summed E-state index contributed by atoms with van der Waals surface area (Å²) in [4.78, 5) is 0. The molecule has 1 fully saturated rings. The summed E-state index contributed by atoms with van der Waals surface area (Å²) in [5.74, 6) is 2.09. The number of hydrogen-bond acceptors (Lipinski definition) is 2. The lowest BCUT2D eigenvalue weighted by Gasteiger charge is -2.04. The van der Waals surface area contributed by atoms with Crippen molar-refractivity contribution in [1.29, 1.82) is 0 Å². The van der Waals surface area contributed by atoms with Gasteiger partial charge >= 0.3 is 0 Å². The fourth-order valence-electron chi connectivity index (χ4n) is 2.58. The minimum absolute atomic E-state index is 0.924. The highest BCUT2D eigenvalue weighted by atomic mass is 16.3. The standard InChI is InChI=1S/C16H21NO/c1-12-15(11-17-10-4-5-13-8-9-13)14-6-2-3-7-16(14)18-12/h2-3,6-7,13,17H,4-5,8-11H2,1H3. The van der Waals surface area contributed by atoms with E-state index in [9.17, 15) is 0 Å². The second kappa shape index (κ2) is 5.15. The summed E-state index contributed by atoms with van der Waals surface area (Å²) in [6.07, 6.45) is 5.63. The Morgan fingerprint density at radius 1 is 1.28 bits per heavy atom. The summed E-state index contributed by atoms with van der Waals surface area (Å²) in [7, 11) is 0. The molecular formula is C16H21NO. The van der Waals surface area contributed by atoms with E-state index in [1.165, 1.54) is 36.6 Å². The van der Waals surface area contributed by atoms with E-state index in [1.54, 1.807) is 0 Å². The van der Waals surface area contributed by atoms with Gasteiger partial charge in [0.1, 0.15) is 11.3 Å². The Morgan fingerprint density at radius 3 is 2.94 bits per heavy atom. The third-order valence-corrected chi connectivity index (χ3v) is 3.86. The average Bonchev–Trinajstić information content (AvgIpc) is 3.13. The lowest BCUT2D eigenvalue weighted by atomic mass is 10.1. The molecule has 1 saturated carbocycles. The van der Waals surface area contributed by atoms with Crippen LogP contribution in [0.5, 0.6) is 0 Å². The summed E-state index contributed by atoms with van der Waals surface area (Å²) in [5.41, 5.74) is 2.32. The summed E-state index contributed by atoms with van der Waals surface area (Å²) < 4.78 is 5.76. The van der Waals surface area contributed by atoms with Gasteiger partial charge in [-0.05, 0) is 38.3 Å². The molecule has 0 saturated heterocycles. The van der Waals surface area contributed by atoms with Gasteiger partial charge in [-0.15, -0.1) is 0 Å². The normalized spacial score (nSPS) is 15.4. The number of para-hydroxylation sites is 1. The van der Waals surface area contributed by atoms with Crippen LogP contribution in [0.15, 0.2) is 28.7 Å². The zero-order valence-electron chi connectivity index (χ0n) is 11.0. The van der Waals surface area contributed by atoms with E-state index in [1.807, 2.05) is 12.1 Å². The minimum Gasteiger partial charge on any atom is -0.461 e. The number of benzene rings is 1. The Kier molecular flexibility index (Phi) is 3.37. The Hall–Kier alpha value is -1.28. The van der Waals surface area contributed by atoms with Gasteiger partial charge in [0.05, 0.1) is 0 Å². The molecule has 0 spiro atoms. The number of rotatable bonds is 6. The molecule has 1 heterocycles. The lowest BCUT2D eigenvalue weighted by molar-refractivity contribution is 0.557. The highest BCUT2D eigenvalue weighted by Crippen LogP contribution is 2.33. The molecule has 2 aromatic rings. The van der Waals surface area contributed by atoms with Gasteiger partial charge in [0.15, 0.2) is 0 Å². The molecule has 96 valence electrons. The molecule has 1 aliphatic rings. The van der Waals surface area contributed by atoms with E-state index in [0.717, 1.165) is 30.4 Å². The van der Waals surface area contributed by atoms with Crippen molar-refractivity contribution in [3.05, 3.63) is 35.6 Å². The highest BCUT2D eigenvalue weighted by molar-refractivity contribution is 5.82. The first-order chi connectivity index (χ1) is 8.84. The molecule has 0 bridgehead atoms. The van der Waals surface area contributed by atoms with Crippen LogP contribution in [0.4, 0.5) is 0 Å². The van der Waals surface area contributed by atoms with Crippen molar-refractivity contribution in [2.45, 2.75) is 39.2 Å². The molecular weight excluding hydrogens is 222 g/mol. The number of nitrogens with one attached hydrogen (secondary N) is 1. The SMILES string of the molecule is Cc1oc2ccccc2c1CNCCCC1CC1. The highest BCUT2D eigenvalue weighted by Gasteiger charge is 2.19. The fraction of sp³-hybridized carbons (Fsp3) is 0.500. The predicted molar refractivity (Wildman–Crippen MR) is 74.6 cm³/mol. The maximum Gasteiger partial charge on any atom is 0.134 e. The quantitative estimate of drug-likeness (QED) is 0.775. The van der Waals surface area contributed by atoms with Gasteiger partial charge in [0.25, 0.3) is 0 Å². The van der Waals surface area contributed by atoms with Gasteiger partial charge in [-0.1, -0.05) is 31.0 Å². The fourth-order valence-corrected chi connectivity index (χ4v) is 2.58. The largest absolute Gasteiger partial charge is 0.461 e. The second-order valence-corrected chi connectivity index (χ2v) is 5.40. The van der Waals surface area contributed by atoms with Gasteiger partial charge in [-0.2, -0.15) is 0 Å². The van der Waals surface area contributed by atoms with Crippen LogP contribution in [0.2, 0.25) is 0 Å². The molecule has 0 unspecified atom stereocenters.